The molecule has 1 unspecified atom stereocenters. The highest BCUT2D eigenvalue weighted by molar-refractivity contribution is 7.84. The summed E-state index contributed by atoms with van der Waals surface area (Å²) in [5.74, 6) is 0.424. The molecule has 172 valence electrons. The molecule has 0 spiro atoms. The van der Waals surface area contributed by atoms with Crippen molar-refractivity contribution in [1.82, 2.24) is 0 Å². The lowest BCUT2D eigenvalue weighted by Gasteiger charge is -2.03. The maximum absolute atomic E-state index is 11.8. The van der Waals surface area contributed by atoms with Gasteiger partial charge in [-0.1, -0.05) is 69.7 Å². The third-order valence-electron chi connectivity index (χ3n) is 2.90. The average Bonchev–Trinajstić information content (AvgIpc) is 3.11. The molecule has 0 amide bonds. The zero-order valence-electron chi connectivity index (χ0n) is 20.6. The summed E-state index contributed by atoms with van der Waals surface area (Å²) in [6.45, 7) is 20.9. The van der Waals surface area contributed by atoms with Gasteiger partial charge in [-0.2, -0.15) is 0 Å². The summed E-state index contributed by atoms with van der Waals surface area (Å²) >= 11 is 1.76. The van der Waals surface area contributed by atoms with Crippen LogP contribution in [0.2, 0.25) is 0 Å². The Balaban J connectivity index is -0.000000508. The summed E-state index contributed by atoms with van der Waals surface area (Å²) < 4.78 is 21.3. The quantitative estimate of drug-likeness (QED) is 0.426. The van der Waals surface area contributed by atoms with Gasteiger partial charge < -0.3 is 0 Å². The van der Waals surface area contributed by atoms with Crippen molar-refractivity contribution in [2.24, 2.45) is 0 Å². The van der Waals surface area contributed by atoms with Gasteiger partial charge in [-0.3, -0.25) is 8.42 Å². The molecule has 0 aliphatic carbocycles. The Bertz CT molecular complexity index is 732. The van der Waals surface area contributed by atoms with Crippen molar-refractivity contribution in [2.45, 2.75) is 59.3 Å². The minimum Gasteiger partial charge on any atom is -0.260 e. The lowest BCUT2D eigenvalue weighted by atomic mass is 10.1. The molecule has 2 aromatic rings. The van der Waals surface area contributed by atoms with Gasteiger partial charge >= 0.3 is 0 Å². The van der Waals surface area contributed by atoms with Crippen LogP contribution in [0.15, 0.2) is 60.5 Å². The normalized spacial score (nSPS) is 10.0. The standard InChI is InChI=1S/C15H18OS2.2C3H6.C2H6OS.C2H6/c1-10(2)15-14(18(4)16)9-13(17-15)12-7-5-11(3)6-8-12;2*1-3-2;1-4(2)3;1-2/h5-10H,1-4H3;2*3H,1H2,2H3;1-2H3;1-2H3. The van der Waals surface area contributed by atoms with E-state index >= 15 is 0 Å². The summed E-state index contributed by atoms with van der Waals surface area (Å²) in [6, 6.07) is 10.6. The molecule has 0 saturated heterocycles. The molecule has 5 heteroatoms. The zero-order chi connectivity index (χ0) is 24.3. The first-order chi connectivity index (χ1) is 14.0. The van der Waals surface area contributed by atoms with Gasteiger partial charge in [-0.05, 0) is 38.3 Å². The van der Waals surface area contributed by atoms with Crippen LogP contribution in [0, 0.1) is 6.92 Å². The summed E-state index contributed by atoms with van der Waals surface area (Å²) in [5, 5.41) is 0. The largest absolute Gasteiger partial charge is 0.260 e. The lowest BCUT2D eigenvalue weighted by molar-refractivity contribution is 0.685. The fourth-order valence-corrected chi connectivity index (χ4v) is 4.29. The van der Waals surface area contributed by atoms with Gasteiger partial charge in [-0.25, -0.2) is 0 Å². The average molecular weight is 471 g/mol. The smallest absolute Gasteiger partial charge is 0.0533 e. The van der Waals surface area contributed by atoms with E-state index in [1.807, 2.05) is 27.7 Å². The van der Waals surface area contributed by atoms with Crippen molar-refractivity contribution in [3.63, 3.8) is 0 Å². The van der Waals surface area contributed by atoms with Crippen molar-refractivity contribution >= 4 is 32.9 Å². The van der Waals surface area contributed by atoms with Gasteiger partial charge in [0.25, 0.3) is 0 Å². The predicted octanol–water partition coefficient (Wildman–Crippen LogP) is 7.99. The van der Waals surface area contributed by atoms with Crippen molar-refractivity contribution in [3.8, 4) is 10.4 Å². The molecule has 0 aliphatic rings. The van der Waals surface area contributed by atoms with Crippen molar-refractivity contribution in [3.05, 3.63) is 66.1 Å². The summed E-state index contributed by atoms with van der Waals surface area (Å²) in [6.07, 6.45) is 8.53. The van der Waals surface area contributed by atoms with Gasteiger partial charge in [0, 0.05) is 39.3 Å². The third kappa shape index (κ3) is 16.5. The molecule has 0 radical (unpaired) electrons. The van der Waals surface area contributed by atoms with Crippen LogP contribution in [0.25, 0.3) is 10.4 Å². The van der Waals surface area contributed by atoms with E-state index in [4.69, 9.17) is 0 Å². The van der Waals surface area contributed by atoms with E-state index < -0.39 is 21.6 Å². The number of hydrogen-bond acceptors (Lipinski definition) is 3. The number of hydrogen-bond donors (Lipinski definition) is 0. The summed E-state index contributed by atoms with van der Waals surface area (Å²) in [4.78, 5) is 3.45. The van der Waals surface area contributed by atoms with E-state index in [0.717, 1.165) is 4.90 Å². The van der Waals surface area contributed by atoms with Crippen LogP contribution < -0.4 is 0 Å². The molecule has 1 aromatic carbocycles. The Kier molecular flexibility index (Phi) is 23.3. The number of benzene rings is 1. The first kappa shape index (κ1) is 33.3. The van der Waals surface area contributed by atoms with Crippen LogP contribution in [0.1, 0.15) is 57.9 Å². The topological polar surface area (TPSA) is 34.1 Å². The molecule has 30 heavy (non-hydrogen) atoms. The van der Waals surface area contributed by atoms with Gasteiger partial charge in [0.15, 0.2) is 0 Å². The monoisotopic (exact) mass is 470 g/mol. The molecule has 1 atom stereocenters. The highest BCUT2D eigenvalue weighted by Crippen LogP contribution is 2.37. The molecule has 0 aliphatic heterocycles. The molecule has 0 saturated carbocycles. The van der Waals surface area contributed by atoms with Gasteiger partial charge in [0.1, 0.15) is 0 Å². The molecule has 0 fully saturated rings. The van der Waals surface area contributed by atoms with Crippen LogP contribution in [-0.4, -0.2) is 27.2 Å². The first-order valence-corrected chi connectivity index (χ1v) is 14.3. The lowest BCUT2D eigenvalue weighted by Crippen LogP contribution is -1.91. The predicted molar refractivity (Wildman–Crippen MR) is 144 cm³/mol. The molecular formula is C25H42O2S3. The second-order valence-corrected chi connectivity index (χ2v) is 10.3. The molecule has 0 N–H and O–H groups in total. The highest BCUT2D eigenvalue weighted by Gasteiger charge is 2.15. The van der Waals surface area contributed by atoms with Crippen LogP contribution >= 0.6 is 11.3 Å². The van der Waals surface area contributed by atoms with E-state index in [2.05, 4.69) is 64.3 Å². The van der Waals surface area contributed by atoms with Crippen molar-refractivity contribution in [2.75, 3.05) is 18.8 Å². The van der Waals surface area contributed by atoms with E-state index in [1.54, 1.807) is 42.3 Å². The van der Waals surface area contributed by atoms with Crippen LogP contribution in [-0.2, 0) is 21.6 Å². The minimum absolute atomic E-state index is 0.424. The molecular weight excluding hydrogens is 428 g/mol. The maximum atomic E-state index is 11.8. The van der Waals surface area contributed by atoms with Crippen LogP contribution in [0.5, 0.6) is 0 Å². The Labute approximate surface area is 195 Å². The fraction of sp³-hybridized carbons (Fsp3) is 0.440. The number of rotatable bonds is 3. The number of allylic oxidation sites excluding steroid dienone is 2. The van der Waals surface area contributed by atoms with Crippen molar-refractivity contribution in [1.29, 1.82) is 0 Å². The first-order valence-electron chi connectivity index (χ1n) is 9.98. The molecule has 2 rings (SSSR count). The van der Waals surface area contributed by atoms with Gasteiger partial charge in [0.05, 0.1) is 15.7 Å². The second kappa shape index (κ2) is 21.0. The van der Waals surface area contributed by atoms with Gasteiger partial charge in [0.2, 0.25) is 0 Å². The summed E-state index contributed by atoms with van der Waals surface area (Å²) in [5.41, 5.74) is 2.47. The zero-order valence-corrected chi connectivity index (χ0v) is 23.0. The SMILES string of the molecule is C=CC.C=CC.CC.CS(C)=O.Cc1ccc(-c2cc(S(C)=O)c(C(C)C)s2)cc1. The Morgan fingerprint density at radius 3 is 1.57 bits per heavy atom. The number of thiophene rings is 1. The van der Waals surface area contributed by atoms with Crippen LogP contribution in [0.3, 0.4) is 0 Å². The van der Waals surface area contributed by atoms with E-state index in [1.165, 1.54) is 20.9 Å². The molecule has 1 aromatic heterocycles. The molecule has 2 nitrogen and oxygen atoms in total. The third-order valence-corrected chi connectivity index (χ3v) is 5.47. The van der Waals surface area contributed by atoms with Crippen LogP contribution in [0.4, 0.5) is 0 Å². The second-order valence-electron chi connectivity index (χ2n) is 6.37. The number of aryl methyl sites for hydroxylation is 1. The van der Waals surface area contributed by atoms with E-state index in [9.17, 15) is 8.42 Å². The highest BCUT2D eigenvalue weighted by atomic mass is 32.2. The molecule has 0 bridgehead atoms. The van der Waals surface area contributed by atoms with E-state index in [-0.39, 0.29) is 0 Å². The molecule has 1 heterocycles. The Morgan fingerprint density at radius 1 is 0.933 bits per heavy atom. The summed E-state index contributed by atoms with van der Waals surface area (Å²) in [7, 11) is -1.52. The maximum Gasteiger partial charge on any atom is 0.0533 e. The Hall–Kier alpha value is -1.30. The fourth-order valence-electron chi connectivity index (χ4n) is 1.88. The van der Waals surface area contributed by atoms with Gasteiger partial charge in [-0.15, -0.1) is 24.5 Å². The minimum atomic E-state index is -0.908. The Morgan fingerprint density at radius 2 is 1.30 bits per heavy atom. The van der Waals surface area contributed by atoms with E-state index in [0.29, 0.717) is 5.92 Å². The van der Waals surface area contributed by atoms with Crippen molar-refractivity contribution < 1.29 is 8.42 Å².